The lowest BCUT2D eigenvalue weighted by Crippen LogP contribution is -2.17. The standard InChI is InChI=1S/C9H15N3OS2/c10-12-9-11-5-8(15-9)6-14-7-1-3-13-4-2-7/h5,7H,1-4,6,10H2,(H,11,12). The van der Waals surface area contributed by atoms with Gasteiger partial charge < -0.3 is 4.74 Å². The van der Waals surface area contributed by atoms with Crippen molar-refractivity contribution in [3.63, 3.8) is 0 Å². The van der Waals surface area contributed by atoms with E-state index in [1.807, 2.05) is 18.0 Å². The maximum atomic E-state index is 5.32. The van der Waals surface area contributed by atoms with Crippen molar-refractivity contribution >= 4 is 28.2 Å². The number of nitrogens with one attached hydrogen (secondary N) is 1. The number of rotatable bonds is 4. The van der Waals surface area contributed by atoms with Gasteiger partial charge in [0.25, 0.3) is 0 Å². The number of nitrogens with zero attached hydrogens (tertiary/aromatic N) is 1. The predicted molar refractivity (Wildman–Crippen MR) is 65.1 cm³/mol. The van der Waals surface area contributed by atoms with Crippen molar-refractivity contribution in [3.8, 4) is 0 Å². The molecule has 1 aromatic heterocycles. The summed E-state index contributed by atoms with van der Waals surface area (Å²) in [6.45, 7) is 1.83. The highest BCUT2D eigenvalue weighted by Crippen LogP contribution is 2.28. The summed E-state index contributed by atoms with van der Waals surface area (Å²) in [5, 5.41) is 1.53. The average molecular weight is 245 g/mol. The molecule has 0 bridgehead atoms. The first-order valence-electron chi connectivity index (χ1n) is 4.99. The van der Waals surface area contributed by atoms with Crippen LogP contribution in [0.15, 0.2) is 6.20 Å². The summed E-state index contributed by atoms with van der Waals surface area (Å²) < 4.78 is 5.32. The fraction of sp³-hybridized carbons (Fsp3) is 0.667. The Morgan fingerprint density at radius 3 is 3.07 bits per heavy atom. The van der Waals surface area contributed by atoms with E-state index in [1.54, 1.807) is 11.3 Å². The Balaban J connectivity index is 1.76. The fourth-order valence-corrected chi connectivity index (χ4v) is 3.44. The van der Waals surface area contributed by atoms with E-state index < -0.39 is 0 Å². The van der Waals surface area contributed by atoms with Gasteiger partial charge in [-0.3, -0.25) is 5.43 Å². The number of nitrogen functional groups attached to an aromatic ring is 1. The van der Waals surface area contributed by atoms with Crippen LogP contribution >= 0.6 is 23.1 Å². The summed E-state index contributed by atoms with van der Waals surface area (Å²) in [5.41, 5.74) is 2.56. The molecule has 15 heavy (non-hydrogen) atoms. The van der Waals surface area contributed by atoms with Gasteiger partial charge in [-0.2, -0.15) is 11.8 Å². The third-order valence-electron chi connectivity index (χ3n) is 2.31. The zero-order valence-corrected chi connectivity index (χ0v) is 10.1. The van der Waals surface area contributed by atoms with Crippen LogP contribution in [0.5, 0.6) is 0 Å². The van der Waals surface area contributed by atoms with Crippen LogP contribution in [-0.4, -0.2) is 23.4 Å². The summed E-state index contributed by atoms with van der Waals surface area (Å²) >= 11 is 3.62. The Morgan fingerprint density at radius 1 is 1.60 bits per heavy atom. The van der Waals surface area contributed by atoms with Gasteiger partial charge in [-0.25, -0.2) is 10.8 Å². The van der Waals surface area contributed by atoms with Crippen LogP contribution in [0.3, 0.4) is 0 Å². The van der Waals surface area contributed by atoms with Crippen molar-refractivity contribution < 1.29 is 4.74 Å². The minimum Gasteiger partial charge on any atom is -0.381 e. The van der Waals surface area contributed by atoms with Gasteiger partial charge in [0.2, 0.25) is 0 Å². The number of nitrogens with two attached hydrogens (primary N) is 1. The van der Waals surface area contributed by atoms with Crippen LogP contribution in [0.25, 0.3) is 0 Å². The molecule has 0 unspecified atom stereocenters. The molecular weight excluding hydrogens is 230 g/mol. The highest BCUT2D eigenvalue weighted by Gasteiger charge is 2.14. The Hall–Kier alpha value is -0.300. The smallest absolute Gasteiger partial charge is 0.197 e. The van der Waals surface area contributed by atoms with Crippen LogP contribution in [0, 0.1) is 0 Å². The van der Waals surface area contributed by atoms with E-state index in [-0.39, 0.29) is 0 Å². The molecule has 0 aromatic carbocycles. The van der Waals surface area contributed by atoms with Gasteiger partial charge in [-0.1, -0.05) is 0 Å². The molecule has 0 atom stereocenters. The first-order chi connectivity index (χ1) is 7.38. The van der Waals surface area contributed by atoms with Crippen molar-refractivity contribution in [2.24, 2.45) is 5.84 Å². The zero-order valence-electron chi connectivity index (χ0n) is 8.44. The number of hydrogen-bond donors (Lipinski definition) is 2. The maximum absolute atomic E-state index is 5.32. The molecule has 84 valence electrons. The van der Waals surface area contributed by atoms with Gasteiger partial charge in [0.05, 0.1) is 0 Å². The molecule has 1 fully saturated rings. The highest BCUT2D eigenvalue weighted by molar-refractivity contribution is 7.99. The minimum absolute atomic E-state index is 0.745. The minimum atomic E-state index is 0.745. The van der Waals surface area contributed by atoms with Crippen molar-refractivity contribution in [2.75, 3.05) is 18.6 Å². The lowest BCUT2D eigenvalue weighted by molar-refractivity contribution is 0.1000. The van der Waals surface area contributed by atoms with Crippen molar-refractivity contribution in [2.45, 2.75) is 23.8 Å². The lowest BCUT2D eigenvalue weighted by Gasteiger charge is -2.20. The largest absolute Gasteiger partial charge is 0.381 e. The molecule has 2 heterocycles. The second kappa shape index (κ2) is 5.69. The number of hydrogen-bond acceptors (Lipinski definition) is 6. The van der Waals surface area contributed by atoms with Gasteiger partial charge in [0, 0.05) is 35.3 Å². The number of thiazole rings is 1. The number of aromatic nitrogens is 1. The highest BCUT2D eigenvalue weighted by atomic mass is 32.2. The maximum Gasteiger partial charge on any atom is 0.197 e. The molecular formula is C9H15N3OS2. The number of hydrazine groups is 1. The van der Waals surface area contributed by atoms with E-state index >= 15 is 0 Å². The Kier molecular flexibility index (Phi) is 4.25. The third-order valence-corrected chi connectivity index (χ3v) is 4.84. The van der Waals surface area contributed by atoms with Crippen molar-refractivity contribution in [3.05, 3.63) is 11.1 Å². The molecule has 1 aliphatic heterocycles. The van der Waals surface area contributed by atoms with E-state index in [1.165, 1.54) is 17.7 Å². The molecule has 6 heteroatoms. The molecule has 0 amide bonds. The molecule has 1 saturated heterocycles. The van der Waals surface area contributed by atoms with E-state index in [0.29, 0.717) is 0 Å². The molecule has 2 rings (SSSR count). The SMILES string of the molecule is NNc1ncc(CSC2CCOCC2)s1. The molecule has 0 radical (unpaired) electrons. The summed E-state index contributed by atoms with van der Waals surface area (Å²) in [7, 11) is 0. The lowest BCUT2D eigenvalue weighted by atomic mass is 10.2. The van der Waals surface area contributed by atoms with E-state index in [4.69, 9.17) is 10.6 Å². The van der Waals surface area contributed by atoms with Crippen LogP contribution in [0.4, 0.5) is 5.13 Å². The van der Waals surface area contributed by atoms with Gasteiger partial charge in [-0.05, 0) is 12.8 Å². The molecule has 1 aliphatic rings. The second-order valence-electron chi connectivity index (χ2n) is 3.40. The quantitative estimate of drug-likeness (QED) is 0.626. The average Bonchev–Trinajstić information content (AvgIpc) is 2.76. The molecule has 3 N–H and O–H groups in total. The van der Waals surface area contributed by atoms with E-state index in [0.717, 1.165) is 29.3 Å². The normalized spacial score (nSPS) is 17.9. The summed E-state index contributed by atoms with van der Waals surface area (Å²) in [6.07, 6.45) is 4.24. The van der Waals surface area contributed by atoms with Gasteiger partial charge in [0.1, 0.15) is 0 Å². The third kappa shape index (κ3) is 3.34. The Labute approximate surface area is 97.6 Å². The second-order valence-corrected chi connectivity index (χ2v) is 5.80. The monoisotopic (exact) mass is 245 g/mol. The summed E-state index contributed by atoms with van der Waals surface area (Å²) in [6, 6.07) is 0. The van der Waals surface area contributed by atoms with Gasteiger partial charge in [0.15, 0.2) is 5.13 Å². The van der Waals surface area contributed by atoms with E-state index in [9.17, 15) is 0 Å². The summed E-state index contributed by atoms with van der Waals surface area (Å²) in [4.78, 5) is 5.42. The fourth-order valence-electron chi connectivity index (χ4n) is 1.48. The van der Waals surface area contributed by atoms with Crippen molar-refractivity contribution in [1.82, 2.24) is 4.98 Å². The molecule has 4 nitrogen and oxygen atoms in total. The van der Waals surface area contributed by atoms with Crippen LogP contribution in [-0.2, 0) is 10.5 Å². The molecule has 0 saturated carbocycles. The van der Waals surface area contributed by atoms with Crippen LogP contribution in [0.1, 0.15) is 17.7 Å². The number of thioether (sulfide) groups is 1. The molecule has 0 spiro atoms. The van der Waals surface area contributed by atoms with Crippen LogP contribution < -0.4 is 11.3 Å². The predicted octanol–water partition coefficient (Wildman–Crippen LogP) is 1.84. The summed E-state index contributed by atoms with van der Waals surface area (Å²) in [5.74, 6) is 6.31. The first kappa shape index (κ1) is 11.2. The Bertz CT molecular complexity index is 299. The van der Waals surface area contributed by atoms with Gasteiger partial charge in [-0.15, -0.1) is 11.3 Å². The van der Waals surface area contributed by atoms with Gasteiger partial charge >= 0.3 is 0 Å². The first-order valence-corrected chi connectivity index (χ1v) is 6.85. The Morgan fingerprint density at radius 2 is 2.40 bits per heavy atom. The number of anilines is 1. The zero-order chi connectivity index (χ0) is 10.5. The molecule has 1 aromatic rings. The molecule has 0 aliphatic carbocycles. The topological polar surface area (TPSA) is 60.2 Å². The van der Waals surface area contributed by atoms with Crippen molar-refractivity contribution in [1.29, 1.82) is 0 Å². The van der Waals surface area contributed by atoms with E-state index in [2.05, 4.69) is 10.4 Å². The van der Waals surface area contributed by atoms with Crippen LogP contribution in [0.2, 0.25) is 0 Å². The number of ether oxygens (including phenoxy) is 1.